The van der Waals surface area contributed by atoms with Crippen LogP contribution in [0.3, 0.4) is 0 Å². The van der Waals surface area contributed by atoms with Gasteiger partial charge in [0.1, 0.15) is 5.82 Å². The molecule has 94 valence electrons. The molecule has 0 unspecified atom stereocenters. The third-order valence-corrected chi connectivity index (χ3v) is 2.86. The zero-order valence-electron chi connectivity index (χ0n) is 10.2. The first-order valence-electron chi connectivity index (χ1n) is 5.98. The van der Waals surface area contributed by atoms with Crippen LogP contribution < -0.4 is 0 Å². The molecular formula is C15H12N2O2. The van der Waals surface area contributed by atoms with Crippen molar-refractivity contribution in [2.75, 3.05) is 0 Å². The number of nitrogens with zero attached hydrogens (tertiary/aromatic N) is 2. The Hall–Kier alpha value is -2.62. The van der Waals surface area contributed by atoms with E-state index in [-0.39, 0.29) is 12.3 Å². The molecule has 0 spiro atoms. The van der Waals surface area contributed by atoms with E-state index in [1.807, 2.05) is 34.9 Å². The second-order valence-electron chi connectivity index (χ2n) is 4.15. The highest BCUT2D eigenvalue weighted by atomic mass is 16.3. The maximum absolute atomic E-state index is 12.0. The zero-order valence-corrected chi connectivity index (χ0v) is 10.2. The minimum atomic E-state index is -0.0693. The predicted molar refractivity (Wildman–Crippen MR) is 70.7 cm³/mol. The lowest BCUT2D eigenvalue weighted by atomic mass is 10.2. The molecule has 0 atom stereocenters. The van der Waals surface area contributed by atoms with Crippen LogP contribution in [0.4, 0.5) is 0 Å². The summed E-state index contributed by atoms with van der Waals surface area (Å²) in [6.45, 7) is 0.220. The Morgan fingerprint density at radius 2 is 2.00 bits per heavy atom. The Morgan fingerprint density at radius 1 is 1.16 bits per heavy atom. The number of carbonyl (C=O) groups is 1. The molecule has 19 heavy (non-hydrogen) atoms. The van der Waals surface area contributed by atoms with Crippen molar-refractivity contribution >= 4 is 5.78 Å². The van der Waals surface area contributed by atoms with Crippen molar-refractivity contribution in [3.8, 4) is 11.4 Å². The Kier molecular flexibility index (Phi) is 2.98. The van der Waals surface area contributed by atoms with E-state index in [4.69, 9.17) is 4.42 Å². The SMILES string of the molecule is O=C(Cn1ccnc1-c1ccccc1)c1ccco1. The quantitative estimate of drug-likeness (QED) is 0.670. The number of furan rings is 1. The van der Waals surface area contributed by atoms with Gasteiger partial charge in [-0.3, -0.25) is 4.79 Å². The first-order chi connectivity index (χ1) is 9.34. The largest absolute Gasteiger partial charge is 0.461 e. The van der Waals surface area contributed by atoms with Gasteiger partial charge in [-0.2, -0.15) is 0 Å². The molecule has 0 saturated heterocycles. The summed E-state index contributed by atoms with van der Waals surface area (Å²) >= 11 is 0. The second kappa shape index (κ2) is 4.94. The van der Waals surface area contributed by atoms with Gasteiger partial charge >= 0.3 is 0 Å². The van der Waals surface area contributed by atoms with Crippen LogP contribution in [0.1, 0.15) is 10.6 Å². The maximum Gasteiger partial charge on any atom is 0.217 e. The fraction of sp³-hybridized carbons (Fsp3) is 0.0667. The van der Waals surface area contributed by atoms with E-state index in [1.165, 1.54) is 6.26 Å². The van der Waals surface area contributed by atoms with E-state index in [9.17, 15) is 4.79 Å². The molecule has 4 nitrogen and oxygen atoms in total. The van der Waals surface area contributed by atoms with E-state index in [0.717, 1.165) is 11.4 Å². The van der Waals surface area contributed by atoms with Gasteiger partial charge in [0.15, 0.2) is 5.76 Å². The summed E-state index contributed by atoms with van der Waals surface area (Å²) in [4.78, 5) is 16.3. The zero-order chi connectivity index (χ0) is 13.1. The van der Waals surface area contributed by atoms with Crippen molar-refractivity contribution in [1.82, 2.24) is 9.55 Å². The number of aromatic nitrogens is 2. The van der Waals surface area contributed by atoms with Crippen LogP contribution in [0, 0.1) is 0 Å². The lowest BCUT2D eigenvalue weighted by Gasteiger charge is -2.06. The van der Waals surface area contributed by atoms with Crippen LogP contribution in [0.25, 0.3) is 11.4 Å². The van der Waals surface area contributed by atoms with Crippen molar-refractivity contribution in [1.29, 1.82) is 0 Å². The van der Waals surface area contributed by atoms with E-state index in [1.54, 1.807) is 24.5 Å². The lowest BCUT2D eigenvalue weighted by molar-refractivity contribution is 0.0945. The van der Waals surface area contributed by atoms with Crippen LogP contribution in [0.2, 0.25) is 0 Å². The van der Waals surface area contributed by atoms with Gasteiger partial charge < -0.3 is 8.98 Å². The van der Waals surface area contributed by atoms with E-state index < -0.39 is 0 Å². The van der Waals surface area contributed by atoms with E-state index >= 15 is 0 Å². The lowest BCUT2D eigenvalue weighted by Crippen LogP contribution is -2.10. The van der Waals surface area contributed by atoms with Gasteiger partial charge in [-0.25, -0.2) is 4.98 Å². The smallest absolute Gasteiger partial charge is 0.217 e. The minimum Gasteiger partial charge on any atom is -0.461 e. The number of benzene rings is 1. The Balaban J connectivity index is 1.87. The second-order valence-corrected chi connectivity index (χ2v) is 4.15. The molecule has 2 heterocycles. The monoisotopic (exact) mass is 252 g/mol. The Labute approximate surface area is 110 Å². The number of hydrogen-bond donors (Lipinski definition) is 0. The molecule has 0 N–H and O–H groups in total. The minimum absolute atomic E-state index is 0.0693. The van der Waals surface area contributed by atoms with Gasteiger partial charge in [-0.15, -0.1) is 0 Å². The average Bonchev–Trinajstić information content (AvgIpc) is 3.11. The Bertz CT molecular complexity index is 669. The number of hydrogen-bond acceptors (Lipinski definition) is 3. The summed E-state index contributed by atoms with van der Waals surface area (Å²) in [5, 5.41) is 0. The summed E-state index contributed by atoms with van der Waals surface area (Å²) in [5.41, 5.74) is 0.986. The highest BCUT2D eigenvalue weighted by Crippen LogP contribution is 2.17. The van der Waals surface area contributed by atoms with Gasteiger partial charge in [0.05, 0.1) is 12.8 Å². The van der Waals surface area contributed by atoms with Gasteiger partial charge in [0.25, 0.3) is 0 Å². The number of imidazole rings is 1. The fourth-order valence-electron chi connectivity index (χ4n) is 1.95. The third kappa shape index (κ3) is 2.33. The molecule has 0 aliphatic rings. The molecule has 0 aliphatic heterocycles. The number of Topliss-reactive ketones (excluding diaryl/α,β-unsaturated/α-hetero) is 1. The molecule has 0 radical (unpaired) electrons. The first kappa shape index (κ1) is 11.5. The Morgan fingerprint density at radius 3 is 2.74 bits per heavy atom. The molecule has 0 aliphatic carbocycles. The van der Waals surface area contributed by atoms with Crippen molar-refractivity contribution in [3.63, 3.8) is 0 Å². The van der Waals surface area contributed by atoms with E-state index in [2.05, 4.69) is 4.98 Å². The van der Waals surface area contributed by atoms with E-state index in [0.29, 0.717) is 5.76 Å². The topological polar surface area (TPSA) is 48.0 Å². The van der Waals surface area contributed by atoms with Crippen LogP contribution >= 0.6 is 0 Å². The van der Waals surface area contributed by atoms with Crippen molar-refractivity contribution < 1.29 is 9.21 Å². The van der Waals surface area contributed by atoms with Gasteiger partial charge in [-0.1, -0.05) is 30.3 Å². The molecule has 2 aromatic heterocycles. The molecule has 4 heteroatoms. The molecule has 0 amide bonds. The van der Waals surface area contributed by atoms with Crippen LogP contribution in [-0.2, 0) is 6.54 Å². The maximum atomic E-state index is 12.0. The highest BCUT2D eigenvalue weighted by Gasteiger charge is 2.12. The molecule has 1 aromatic carbocycles. The molecule has 3 aromatic rings. The molecule has 0 fully saturated rings. The normalized spacial score (nSPS) is 10.5. The number of carbonyl (C=O) groups excluding carboxylic acids is 1. The highest BCUT2D eigenvalue weighted by molar-refractivity contribution is 5.93. The van der Waals surface area contributed by atoms with Crippen molar-refractivity contribution in [2.24, 2.45) is 0 Å². The van der Waals surface area contributed by atoms with Gasteiger partial charge in [-0.05, 0) is 12.1 Å². The molecule has 3 rings (SSSR count). The van der Waals surface area contributed by atoms with Crippen LogP contribution in [-0.4, -0.2) is 15.3 Å². The predicted octanol–water partition coefficient (Wildman–Crippen LogP) is 3.03. The molecule has 0 saturated carbocycles. The summed E-state index contributed by atoms with van der Waals surface area (Å²) in [6.07, 6.45) is 4.99. The molecule has 0 bridgehead atoms. The third-order valence-electron chi connectivity index (χ3n) is 2.86. The molecular weight excluding hydrogens is 240 g/mol. The van der Waals surface area contributed by atoms with Gasteiger partial charge in [0, 0.05) is 18.0 Å². The standard InChI is InChI=1S/C15H12N2O2/c18-13(14-7-4-10-19-14)11-17-9-8-16-15(17)12-5-2-1-3-6-12/h1-10H,11H2. The van der Waals surface area contributed by atoms with Gasteiger partial charge in [0.2, 0.25) is 5.78 Å². The summed E-state index contributed by atoms with van der Waals surface area (Å²) in [6, 6.07) is 13.2. The van der Waals surface area contributed by atoms with Crippen LogP contribution in [0.5, 0.6) is 0 Å². The fourth-order valence-corrected chi connectivity index (χ4v) is 1.95. The summed E-state index contributed by atoms with van der Waals surface area (Å²) in [7, 11) is 0. The number of ketones is 1. The average molecular weight is 252 g/mol. The summed E-state index contributed by atoms with van der Waals surface area (Å²) < 4.78 is 6.93. The number of rotatable bonds is 4. The van der Waals surface area contributed by atoms with Crippen molar-refractivity contribution in [3.05, 3.63) is 66.9 Å². The van der Waals surface area contributed by atoms with Crippen LogP contribution in [0.15, 0.2) is 65.5 Å². The first-order valence-corrected chi connectivity index (χ1v) is 5.98. The van der Waals surface area contributed by atoms with Crippen molar-refractivity contribution in [2.45, 2.75) is 6.54 Å². The summed E-state index contributed by atoms with van der Waals surface area (Å²) in [5.74, 6) is 1.08.